The summed E-state index contributed by atoms with van der Waals surface area (Å²) >= 11 is 0. The molecule has 31 heavy (non-hydrogen) atoms. The minimum atomic E-state index is -0.548. The van der Waals surface area contributed by atoms with Crippen molar-refractivity contribution in [2.75, 3.05) is 5.32 Å². The van der Waals surface area contributed by atoms with Crippen LogP contribution in [0.3, 0.4) is 0 Å². The maximum absolute atomic E-state index is 13.7. The van der Waals surface area contributed by atoms with Crippen LogP contribution in [0.2, 0.25) is 0 Å². The first-order chi connectivity index (χ1) is 14.9. The number of hydrogen-bond donors (Lipinski definition) is 1. The summed E-state index contributed by atoms with van der Waals surface area (Å²) in [5, 5.41) is 11.3. The molecule has 7 nitrogen and oxygen atoms in total. The first-order valence-electron chi connectivity index (χ1n) is 10.5. The quantitative estimate of drug-likeness (QED) is 0.655. The van der Waals surface area contributed by atoms with Crippen LogP contribution in [0.5, 0.6) is 0 Å². The summed E-state index contributed by atoms with van der Waals surface area (Å²) in [6, 6.07) is 7.01. The van der Waals surface area contributed by atoms with Crippen molar-refractivity contribution >= 4 is 11.7 Å². The molecule has 2 bridgehead atoms. The van der Waals surface area contributed by atoms with Crippen LogP contribution in [0.4, 0.5) is 14.9 Å². The zero-order valence-electron chi connectivity index (χ0n) is 17.7. The lowest BCUT2D eigenvalue weighted by atomic mass is 9.64. The fourth-order valence-corrected chi connectivity index (χ4v) is 5.19. The van der Waals surface area contributed by atoms with Crippen LogP contribution in [-0.2, 0) is 5.54 Å². The van der Waals surface area contributed by atoms with Crippen molar-refractivity contribution in [1.82, 2.24) is 20.1 Å². The van der Waals surface area contributed by atoms with Crippen molar-refractivity contribution < 1.29 is 13.6 Å². The Balaban J connectivity index is 1.43. The summed E-state index contributed by atoms with van der Waals surface area (Å²) in [5.74, 6) is 1.09. The Bertz CT molecular complexity index is 1160. The van der Waals surface area contributed by atoms with Gasteiger partial charge < -0.3 is 14.6 Å². The number of urea groups is 1. The normalized spacial score (nSPS) is 24.6. The molecule has 2 fully saturated rings. The third-order valence-electron chi connectivity index (χ3n) is 6.41. The second kappa shape index (κ2) is 7.14. The SMILES string of the molecule is Cc1nnc(C23CC(C[C@@H](C)C2)N3C(=O)Nc2ccc(C)c(-c3cncc(F)c3)c2)o1. The van der Waals surface area contributed by atoms with E-state index >= 15 is 0 Å². The minimum Gasteiger partial charge on any atom is -0.423 e. The van der Waals surface area contributed by atoms with Crippen LogP contribution in [0.15, 0.2) is 41.1 Å². The van der Waals surface area contributed by atoms with E-state index in [2.05, 4.69) is 27.4 Å². The maximum atomic E-state index is 13.7. The van der Waals surface area contributed by atoms with Crippen LogP contribution in [-0.4, -0.2) is 32.2 Å². The average molecular weight is 421 g/mol. The van der Waals surface area contributed by atoms with Crippen LogP contribution >= 0.6 is 0 Å². The maximum Gasteiger partial charge on any atom is 0.323 e. The van der Waals surface area contributed by atoms with E-state index in [1.165, 1.54) is 12.3 Å². The molecule has 0 radical (unpaired) electrons. The smallest absolute Gasteiger partial charge is 0.323 e. The first-order valence-corrected chi connectivity index (χ1v) is 10.5. The van der Waals surface area contributed by atoms with Crippen molar-refractivity contribution in [2.45, 2.75) is 51.6 Å². The monoisotopic (exact) mass is 421 g/mol. The van der Waals surface area contributed by atoms with Crippen LogP contribution < -0.4 is 5.32 Å². The molecule has 3 atom stereocenters. The molecule has 3 heterocycles. The van der Waals surface area contributed by atoms with E-state index in [-0.39, 0.29) is 12.1 Å². The lowest BCUT2D eigenvalue weighted by Gasteiger charge is -2.61. The average Bonchev–Trinajstić information content (AvgIpc) is 3.15. The topological polar surface area (TPSA) is 84.2 Å². The van der Waals surface area contributed by atoms with E-state index in [1.54, 1.807) is 13.1 Å². The predicted molar refractivity (Wildman–Crippen MR) is 113 cm³/mol. The summed E-state index contributed by atoms with van der Waals surface area (Å²) in [4.78, 5) is 19.1. The molecule has 1 aliphatic heterocycles. The number of anilines is 1. The molecule has 8 heteroatoms. The number of aryl methyl sites for hydroxylation is 2. The third kappa shape index (κ3) is 3.26. The van der Waals surface area contributed by atoms with Crippen LogP contribution in [0, 0.1) is 25.6 Å². The second-order valence-electron chi connectivity index (χ2n) is 8.78. The summed E-state index contributed by atoms with van der Waals surface area (Å²) < 4.78 is 19.4. The number of carbonyl (C=O) groups is 1. The molecule has 1 aromatic carbocycles. The fraction of sp³-hybridized carbons (Fsp3) is 0.391. The fourth-order valence-electron chi connectivity index (χ4n) is 5.19. The van der Waals surface area contributed by atoms with Crippen molar-refractivity contribution in [3.8, 4) is 11.1 Å². The van der Waals surface area contributed by atoms with Crippen LogP contribution in [0.25, 0.3) is 11.1 Å². The van der Waals surface area contributed by atoms with Gasteiger partial charge in [-0.3, -0.25) is 4.98 Å². The number of carbonyl (C=O) groups excluding carboxylic acids is 1. The van der Waals surface area contributed by atoms with E-state index in [0.29, 0.717) is 29.0 Å². The number of halogens is 1. The van der Waals surface area contributed by atoms with Crippen molar-refractivity contribution in [3.63, 3.8) is 0 Å². The summed E-state index contributed by atoms with van der Waals surface area (Å²) in [6.45, 7) is 5.90. The van der Waals surface area contributed by atoms with Gasteiger partial charge in [0.2, 0.25) is 11.8 Å². The molecule has 2 aliphatic rings. The Kier molecular flexibility index (Phi) is 4.53. The van der Waals surface area contributed by atoms with E-state index in [0.717, 1.165) is 30.4 Å². The number of nitrogens with one attached hydrogen (secondary N) is 1. The van der Waals surface area contributed by atoms with E-state index in [4.69, 9.17) is 4.42 Å². The van der Waals surface area contributed by atoms with Crippen LogP contribution in [0.1, 0.15) is 43.5 Å². The lowest BCUT2D eigenvalue weighted by Crippen LogP contribution is -2.70. The highest BCUT2D eigenvalue weighted by atomic mass is 19.1. The third-order valence-corrected chi connectivity index (χ3v) is 6.41. The van der Waals surface area contributed by atoms with E-state index < -0.39 is 11.4 Å². The van der Waals surface area contributed by atoms with Gasteiger partial charge in [0.25, 0.3) is 0 Å². The minimum absolute atomic E-state index is 0.147. The number of fused-ring (bicyclic) bond motifs is 2. The number of likely N-dealkylation sites (tertiary alicyclic amines) is 1. The zero-order valence-corrected chi connectivity index (χ0v) is 17.7. The van der Waals surface area contributed by atoms with E-state index in [1.807, 2.05) is 30.0 Å². The molecular formula is C23H24FN5O2. The molecule has 3 aromatic rings. The highest BCUT2D eigenvalue weighted by Gasteiger charge is 2.62. The van der Waals surface area contributed by atoms with Gasteiger partial charge in [0.05, 0.1) is 6.20 Å². The zero-order chi connectivity index (χ0) is 21.8. The summed E-state index contributed by atoms with van der Waals surface area (Å²) in [5.41, 5.74) is 2.56. The van der Waals surface area contributed by atoms with Gasteiger partial charge in [0.1, 0.15) is 11.4 Å². The summed E-state index contributed by atoms with van der Waals surface area (Å²) in [7, 11) is 0. The molecule has 2 unspecified atom stereocenters. The van der Waals surface area contributed by atoms with Gasteiger partial charge in [0, 0.05) is 36.8 Å². The number of amides is 2. The highest BCUT2D eigenvalue weighted by molar-refractivity contribution is 5.92. The standard InChI is InChI=1S/C23H24FN5O2/c1-13-6-19-10-23(9-13,21-28-27-15(3)31-21)29(19)22(30)26-18-5-4-14(2)20(8-18)16-7-17(24)12-25-11-16/h4-5,7-8,11-13,19H,6,9-10H2,1-3H3,(H,26,30)/t13-,19?,23?/m1/s1. The van der Waals surface area contributed by atoms with Gasteiger partial charge in [-0.1, -0.05) is 13.0 Å². The molecule has 2 aromatic heterocycles. The van der Waals surface area contributed by atoms with E-state index in [9.17, 15) is 9.18 Å². The Morgan fingerprint density at radius 1 is 1.23 bits per heavy atom. The predicted octanol–water partition coefficient (Wildman–Crippen LogP) is 4.82. The van der Waals surface area contributed by atoms with Gasteiger partial charge in [-0.15, -0.1) is 10.2 Å². The van der Waals surface area contributed by atoms with Gasteiger partial charge in [-0.25, -0.2) is 9.18 Å². The molecule has 2 amide bonds. The van der Waals surface area contributed by atoms with Gasteiger partial charge >= 0.3 is 6.03 Å². The Hall–Kier alpha value is -3.29. The molecule has 1 saturated heterocycles. The van der Waals surface area contributed by atoms with Gasteiger partial charge in [0.15, 0.2) is 0 Å². The van der Waals surface area contributed by atoms with Crippen molar-refractivity contribution in [2.24, 2.45) is 5.92 Å². The molecule has 1 N–H and O–H groups in total. The number of hydrogen-bond acceptors (Lipinski definition) is 5. The Labute approximate surface area is 179 Å². The number of rotatable bonds is 3. The molecule has 160 valence electrons. The van der Waals surface area contributed by atoms with Gasteiger partial charge in [-0.05, 0) is 55.0 Å². The molecule has 5 rings (SSSR count). The number of aromatic nitrogens is 3. The van der Waals surface area contributed by atoms with Gasteiger partial charge in [-0.2, -0.15) is 0 Å². The Morgan fingerprint density at radius 2 is 2.06 bits per heavy atom. The Morgan fingerprint density at radius 3 is 2.81 bits per heavy atom. The number of piperidine rings is 1. The van der Waals surface area contributed by atoms with Crippen molar-refractivity contribution in [3.05, 3.63) is 59.8 Å². The first kappa shape index (κ1) is 19.7. The van der Waals surface area contributed by atoms with Crippen molar-refractivity contribution in [1.29, 1.82) is 0 Å². The molecule has 0 spiro atoms. The molecule has 1 saturated carbocycles. The molecule has 1 aliphatic carbocycles. The number of nitrogens with zero attached hydrogens (tertiary/aromatic N) is 4. The lowest BCUT2D eigenvalue weighted by molar-refractivity contribution is -0.110. The second-order valence-corrected chi connectivity index (χ2v) is 8.78. The number of benzene rings is 1. The summed E-state index contributed by atoms with van der Waals surface area (Å²) in [6.07, 6.45) is 5.38. The highest BCUT2D eigenvalue weighted by Crippen LogP contribution is 2.55. The number of pyridine rings is 1. The molecular weight excluding hydrogens is 397 g/mol. The largest absolute Gasteiger partial charge is 0.423 e.